The molecule has 1 aliphatic rings. The Morgan fingerprint density at radius 2 is 1.71 bits per heavy atom. The predicted molar refractivity (Wildman–Crippen MR) is 117 cm³/mol. The minimum atomic E-state index is -1.10. The second-order valence-corrected chi connectivity index (χ2v) is 7.86. The molecule has 0 radical (unpaired) electrons. The maximum atomic E-state index is 12.8. The van der Waals surface area contributed by atoms with E-state index in [2.05, 4.69) is 5.32 Å². The first-order chi connectivity index (χ1) is 14.8. The number of nitrogens with one attached hydrogen (secondary N) is 1. The summed E-state index contributed by atoms with van der Waals surface area (Å²) < 4.78 is 17.1. The van der Waals surface area contributed by atoms with Crippen LogP contribution in [0.3, 0.4) is 0 Å². The molecule has 31 heavy (non-hydrogen) atoms. The van der Waals surface area contributed by atoms with E-state index in [0.717, 1.165) is 16.0 Å². The number of amides is 2. The first-order valence-corrected chi connectivity index (χ1v) is 10.3. The maximum Gasteiger partial charge on any atom is 0.355 e. The highest BCUT2D eigenvalue weighted by atomic mass is 32.1. The van der Waals surface area contributed by atoms with Gasteiger partial charge in [-0.05, 0) is 44.0 Å². The minimum absolute atomic E-state index is 0.0138. The van der Waals surface area contributed by atoms with Crippen molar-refractivity contribution in [3.05, 3.63) is 82.6 Å². The van der Waals surface area contributed by atoms with Gasteiger partial charge >= 0.3 is 5.97 Å². The molecule has 1 atom stereocenters. The molecule has 3 rings (SSSR count). The molecule has 0 spiro atoms. The third-order valence-electron chi connectivity index (χ3n) is 4.71. The number of aryl methyl sites for hydroxylation is 1. The Bertz CT molecular complexity index is 1100. The molecule has 0 saturated carbocycles. The lowest BCUT2D eigenvalue weighted by Crippen LogP contribution is -2.68. The van der Waals surface area contributed by atoms with Crippen molar-refractivity contribution < 1.29 is 23.3 Å². The van der Waals surface area contributed by atoms with Gasteiger partial charge in [0.1, 0.15) is 23.6 Å². The van der Waals surface area contributed by atoms with Crippen molar-refractivity contribution in [1.82, 2.24) is 10.2 Å². The van der Waals surface area contributed by atoms with Gasteiger partial charge in [-0.2, -0.15) is 0 Å². The summed E-state index contributed by atoms with van der Waals surface area (Å²) in [6.45, 7) is 5.23. The Balaban J connectivity index is 1.73. The van der Waals surface area contributed by atoms with Crippen LogP contribution in [0.1, 0.15) is 35.3 Å². The van der Waals surface area contributed by atoms with E-state index in [1.165, 1.54) is 0 Å². The number of ether oxygens (including phenoxy) is 1. The zero-order chi connectivity index (χ0) is 22.5. The Labute approximate surface area is 183 Å². The summed E-state index contributed by atoms with van der Waals surface area (Å²) in [4.78, 5) is 39.0. The number of hydrogen-bond donors (Lipinski definition) is 1. The zero-order valence-corrected chi connectivity index (χ0v) is 18.2. The molecule has 0 aromatic heterocycles. The number of carbonyl (C=O) groups is 3. The lowest BCUT2D eigenvalue weighted by Gasteiger charge is -2.39. The summed E-state index contributed by atoms with van der Waals surface area (Å²) in [5, 5.41) is 2.56. The normalized spacial score (nSPS) is 15.1. The van der Waals surface area contributed by atoms with Crippen LogP contribution in [-0.4, -0.2) is 37.9 Å². The highest BCUT2D eigenvalue weighted by Gasteiger charge is 2.49. The van der Waals surface area contributed by atoms with Gasteiger partial charge in [0.05, 0.1) is 0 Å². The van der Waals surface area contributed by atoms with Crippen LogP contribution < -0.4 is 5.32 Å². The monoisotopic (exact) mass is 438 g/mol. The van der Waals surface area contributed by atoms with E-state index in [-0.39, 0.29) is 28.5 Å². The number of hydrogen-bond acceptors (Lipinski definition) is 5. The number of esters is 1. The summed E-state index contributed by atoms with van der Waals surface area (Å²) in [7, 11) is 0. The fourth-order valence-corrected chi connectivity index (χ4v) is 3.58. The number of nitrogens with zero attached hydrogens (tertiary/aromatic N) is 1. The minimum Gasteiger partial charge on any atom is -0.456 e. The van der Waals surface area contributed by atoms with Gasteiger partial charge in [-0.1, -0.05) is 48.0 Å². The largest absolute Gasteiger partial charge is 0.456 e. The molecule has 160 valence electrons. The first kappa shape index (κ1) is 22.2. The van der Waals surface area contributed by atoms with Crippen molar-refractivity contribution in [3.63, 3.8) is 0 Å². The highest BCUT2D eigenvalue weighted by molar-refractivity contribution is 7.67. The van der Waals surface area contributed by atoms with E-state index in [9.17, 15) is 18.6 Å². The van der Waals surface area contributed by atoms with Gasteiger partial charge < -0.3 is 10.1 Å². The average molecular weight is 439 g/mol. The lowest BCUT2D eigenvalue weighted by molar-refractivity contribution is -0.145. The fraction of sp³-hybridized carbons (Fsp3) is 0.217. The molecule has 0 bridgehead atoms. The Kier molecular flexibility index (Phi) is 6.81. The van der Waals surface area contributed by atoms with Crippen LogP contribution in [0.2, 0.25) is 0 Å². The van der Waals surface area contributed by atoms with E-state index in [0.29, 0.717) is 11.1 Å². The van der Waals surface area contributed by atoms with Gasteiger partial charge in [-0.25, -0.2) is 9.00 Å². The van der Waals surface area contributed by atoms with Crippen molar-refractivity contribution in [2.75, 3.05) is 0 Å². The molecule has 7 nitrogen and oxygen atoms in total. The molecule has 1 fully saturated rings. The van der Waals surface area contributed by atoms with Gasteiger partial charge in [-0.3, -0.25) is 14.5 Å². The fourth-order valence-electron chi connectivity index (χ4n) is 3.07. The third-order valence-corrected chi connectivity index (χ3v) is 5.30. The van der Waals surface area contributed by atoms with E-state index < -0.39 is 23.8 Å². The van der Waals surface area contributed by atoms with Crippen LogP contribution in [0.5, 0.6) is 0 Å². The lowest BCUT2D eigenvalue weighted by atomic mass is 10.0. The van der Waals surface area contributed by atoms with Crippen molar-refractivity contribution in [1.29, 1.82) is 0 Å². The van der Waals surface area contributed by atoms with Gasteiger partial charge in [0.15, 0.2) is 11.0 Å². The number of allylic oxidation sites excluding steroid dienone is 1. The van der Waals surface area contributed by atoms with Gasteiger partial charge in [0.25, 0.3) is 11.8 Å². The molecule has 1 heterocycles. The van der Waals surface area contributed by atoms with E-state index in [4.69, 9.17) is 4.74 Å². The Morgan fingerprint density at radius 3 is 2.29 bits per heavy atom. The summed E-state index contributed by atoms with van der Waals surface area (Å²) in [5.41, 5.74) is 2.66. The molecular weight excluding hydrogens is 416 g/mol. The standard InChI is InChI=1S/C23H22N2O5S/c1-14(2)19(23(28)30-13-16-7-5-4-6-8-16)25-21(27)18(22(25)31-29)24-20(26)17-11-9-15(3)10-12-17/h4-12,18H,13H2,1-3H3,(H,24,26). The molecule has 2 aromatic carbocycles. The van der Waals surface area contributed by atoms with Crippen molar-refractivity contribution in [3.8, 4) is 0 Å². The Morgan fingerprint density at radius 1 is 1.06 bits per heavy atom. The van der Waals surface area contributed by atoms with Crippen LogP contribution >= 0.6 is 0 Å². The molecule has 1 aliphatic heterocycles. The topological polar surface area (TPSA) is 92.8 Å². The van der Waals surface area contributed by atoms with Crippen molar-refractivity contribution >= 4 is 34.0 Å². The van der Waals surface area contributed by atoms with Crippen LogP contribution in [0.4, 0.5) is 0 Å². The SMILES string of the molecule is CC(C)=C(C(=O)OCc1ccccc1)N1C(=O)C(NC(=O)c2ccc(C)cc2)C1=S=O. The molecule has 1 saturated heterocycles. The zero-order valence-electron chi connectivity index (χ0n) is 17.4. The van der Waals surface area contributed by atoms with Crippen LogP contribution in [0, 0.1) is 6.92 Å². The summed E-state index contributed by atoms with van der Waals surface area (Å²) in [6, 6.07) is 14.8. The number of rotatable bonds is 6. The summed E-state index contributed by atoms with van der Waals surface area (Å²) in [5.74, 6) is -1.76. The molecule has 1 N–H and O–H groups in total. The number of β-lactam (4-membered cyclic amide) rings is 1. The van der Waals surface area contributed by atoms with Gasteiger partial charge in [0, 0.05) is 5.56 Å². The molecule has 1 unspecified atom stereocenters. The molecular formula is C23H22N2O5S. The van der Waals surface area contributed by atoms with E-state index in [1.54, 1.807) is 38.1 Å². The average Bonchev–Trinajstić information content (AvgIpc) is 2.77. The smallest absolute Gasteiger partial charge is 0.355 e. The second-order valence-electron chi connectivity index (χ2n) is 7.28. The Hall–Kier alpha value is -3.52. The molecule has 0 aliphatic carbocycles. The highest BCUT2D eigenvalue weighted by Crippen LogP contribution is 2.24. The second kappa shape index (κ2) is 9.53. The van der Waals surface area contributed by atoms with E-state index in [1.807, 2.05) is 37.3 Å². The van der Waals surface area contributed by atoms with Gasteiger partial charge in [-0.15, -0.1) is 0 Å². The van der Waals surface area contributed by atoms with Crippen molar-refractivity contribution in [2.45, 2.75) is 33.4 Å². The number of benzene rings is 2. The predicted octanol–water partition coefficient (Wildman–Crippen LogP) is 2.32. The molecule has 2 aromatic rings. The summed E-state index contributed by atoms with van der Waals surface area (Å²) in [6.07, 6.45) is 0. The maximum absolute atomic E-state index is 12.8. The van der Waals surface area contributed by atoms with Crippen molar-refractivity contribution in [2.24, 2.45) is 0 Å². The quantitative estimate of drug-likeness (QED) is 0.323. The molecule has 8 heteroatoms. The summed E-state index contributed by atoms with van der Waals surface area (Å²) >= 11 is 0.0639. The number of carbonyl (C=O) groups excluding carboxylic acids is 3. The third kappa shape index (κ3) is 4.80. The molecule has 2 amide bonds. The first-order valence-electron chi connectivity index (χ1n) is 9.60. The van der Waals surface area contributed by atoms with Gasteiger partial charge in [0.2, 0.25) is 0 Å². The van der Waals surface area contributed by atoms with Crippen LogP contribution in [0.25, 0.3) is 0 Å². The van der Waals surface area contributed by atoms with Crippen LogP contribution in [-0.2, 0) is 32.2 Å². The van der Waals surface area contributed by atoms with E-state index >= 15 is 0 Å². The number of likely N-dealkylation sites (tertiary alicyclic amines) is 1. The van der Waals surface area contributed by atoms with Crippen LogP contribution in [0.15, 0.2) is 65.9 Å².